The number of aryl methyl sites for hydroxylation is 1. The number of ether oxygens (including phenoxy) is 1. The van der Waals surface area contributed by atoms with Crippen molar-refractivity contribution in [3.05, 3.63) is 29.8 Å². The van der Waals surface area contributed by atoms with Gasteiger partial charge in [-0.3, -0.25) is 4.79 Å². The summed E-state index contributed by atoms with van der Waals surface area (Å²) in [5.74, 6) is 0.876. The maximum atomic E-state index is 10.7. The van der Waals surface area contributed by atoms with Crippen molar-refractivity contribution in [3.8, 4) is 5.75 Å². The molecule has 0 bridgehead atoms. The first-order valence-electron chi connectivity index (χ1n) is 6.12. The molecule has 1 aromatic carbocycles. The minimum Gasteiger partial charge on any atom is -0.494 e. The molecule has 3 heteroatoms. The molecule has 0 fully saturated rings. The Labute approximate surface area is 108 Å². The molecular formula is C14H19ClO2. The molecule has 0 N–H and O–H groups in total. The average Bonchev–Trinajstić information content (AvgIpc) is 2.33. The SMILES string of the molecule is CCCCCOc1cccc(CCC(=O)Cl)c1. The van der Waals surface area contributed by atoms with Gasteiger partial charge in [0, 0.05) is 6.42 Å². The zero-order valence-corrected chi connectivity index (χ0v) is 11.0. The first kappa shape index (κ1) is 14.0. The number of unbranched alkanes of at least 4 members (excludes halogenated alkanes) is 2. The molecule has 0 aliphatic carbocycles. The Morgan fingerprint density at radius 1 is 1.35 bits per heavy atom. The monoisotopic (exact) mass is 254 g/mol. The third kappa shape index (κ3) is 6.32. The Bertz CT molecular complexity index is 350. The Kier molecular flexibility index (Phi) is 6.71. The lowest BCUT2D eigenvalue weighted by Crippen LogP contribution is -1.98. The topological polar surface area (TPSA) is 26.3 Å². The Morgan fingerprint density at radius 2 is 2.18 bits per heavy atom. The van der Waals surface area contributed by atoms with Gasteiger partial charge < -0.3 is 4.74 Å². The molecule has 17 heavy (non-hydrogen) atoms. The van der Waals surface area contributed by atoms with Crippen molar-refractivity contribution in [1.82, 2.24) is 0 Å². The summed E-state index contributed by atoms with van der Waals surface area (Å²) in [6.45, 7) is 2.93. The first-order valence-corrected chi connectivity index (χ1v) is 6.50. The van der Waals surface area contributed by atoms with E-state index >= 15 is 0 Å². The molecule has 1 rings (SSSR count). The van der Waals surface area contributed by atoms with Gasteiger partial charge >= 0.3 is 0 Å². The summed E-state index contributed by atoms with van der Waals surface area (Å²) in [7, 11) is 0. The van der Waals surface area contributed by atoms with Gasteiger partial charge in [-0.15, -0.1) is 0 Å². The van der Waals surface area contributed by atoms with Gasteiger partial charge in [0.05, 0.1) is 6.61 Å². The van der Waals surface area contributed by atoms with E-state index in [9.17, 15) is 4.79 Å². The van der Waals surface area contributed by atoms with Crippen LogP contribution in [0.1, 0.15) is 38.2 Å². The molecule has 2 nitrogen and oxygen atoms in total. The normalized spacial score (nSPS) is 10.2. The predicted molar refractivity (Wildman–Crippen MR) is 70.6 cm³/mol. The van der Waals surface area contributed by atoms with E-state index in [0.29, 0.717) is 12.8 Å². The van der Waals surface area contributed by atoms with Crippen molar-refractivity contribution in [2.75, 3.05) is 6.61 Å². The van der Waals surface area contributed by atoms with E-state index in [-0.39, 0.29) is 5.24 Å². The van der Waals surface area contributed by atoms with Crippen molar-refractivity contribution in [1.29, 1.82) is 0 Å². The average molecular weight is 255 g/mol. The van der Waals surface area contributed by atoms with Crippen LogP contribution in [-0.2, 0) is 11.2 Å². The van der Waals surface area contributed by atoms with Crippen LogP contribution in [0.25, 0.3) is 0 Å². The van der Waals surface area contributed by atoms with Crippen LogP contribution in [0.5, 0.6) is 5.75 Å². The molecule has 0 atom stereocenters. The van der Waals surface area contributed by atoms with Crippen molar-refractivity contribution >= 4 is 16.8 Å². The highest BCUT2D eigenvalue weighted by molar-refractivity contribution is 6.63. The fraction of sp³-hybridized carbons (Fsp3) is 0.500. The summed E-state index contributed by atoms with van der Waals surface area (Å²) in [5.41, 5.74) is 1.09. The number of hydrogen-bond acceptors (Lipinski definition) is 2. The van der Waals surface area contributed by atoms with E-state index in [1.165, 1.54) is 12.8 Å². The maximum Gasteiger partial charge on any atom is 0.221 e. The molecule has 0 saturated heterocycles. The fourth-order valence-electron chi connectivity index (χ4n) is 1.58. The summed E-state index contributed by atoms with van der Waals surface area (Å²) >= 11 is 5.32. The predicted octanol–water partition coefficient (Wildman–Crippen LogP) is 3.95. The second kappa shape index (κ2) is 8.13. The molecule has 0 heterocycles. The molecular weight excluding hydrogens is 236 g/mol. The number of carbonyl (C=O) groups is 1. The van der Waals surface area contributed by atoms with Gasteiger partial charge in [-0.2, -0.15) is 0 Å². The van der Waals surface area contributed by atoms with Crippen molar-refractivity contribution in [2.24, 2.45) is 0 Å². The van der Waals surface area contributed by atoms with Gasteiger partial charge in [0.15, 0.2) is 0 Å². The summed E-state index contributed by atoms with van der Waals surface area (Å²) < 4.78 is 5.64. The molecule has 0 radical (unpaired) electrons. The standard InChI is InChI=1S/C14H19ClO2/c1-2-3-4-10-17-13-7-5-6-12(11-13)8-9-14(15)16/h5-7,11H,2-4,8-10H2,1H3. The van der Waals surface area contributed by atoms with Crippen LogP contribution in [-0.4, -0.2) is 11.8 Å². The number of hydrogen-bond donors (Lipinski definition) is 0. The highest BCUT2D eigenvalue weighted by Gasteiger charge is 2.00. The van der Waals surface area contributed by atoms with E-state index in [2.05, 4.69) is 6.92 Å². The summed E-state index contributed by atoms with van der Waals surface area (Å²) in [5, 5.41) is -0.292. The third-order valence-corrected chi connectivity index (χ3v) is 2.71. The number of rotatable bonds is 8. The van der Waals surface area contributed by atoms with Crippen LogP contribution in [0.15, 0.2) is 24.3 Å². The number of halogens is 1. The van der Waals surface area contributed by atoms with E-state index in [1.807, 2.05) is 24.3 Å². The van der Waals surface area contributed by atoms with E-state index in [4.69, 9.17) is 16.3 Å². The van der Waals surface area contributed by atoms with Gasteiger partial charge in [0.25, 0.3) is 0 Å². The van der Waals surface area contributed by atoms with E-state index < -0.39 is 0 Å². The summed E-state index contributed by atoms with van der Waals surface area (Å²) in [6.07, 6.45) is 4.53. The highest BCUT2D eigenvalue weighted by Crippen LogP contribution is 2.15. The smallest absolute Gasteiger partial charge is 0.221 e. The van der Waals surface area contributed by atoms with Crippen molar-refractivity contribution in [3.63, 3.8) is 0 Å². The quantitative estimate of drug-likeness (QED) is 0.519. The molecule has 0 aliphatic heterocycles. The lowest BCUT2D eigenvalue weighted by atomic mass is 10.1. The maximum absolute atomic E-state index is 10.7. The molecule has 0 amide bonds. The zero-order chi connectivity index (χ0) is 12.5. The summed E-state index contributed by atoms with van der Waals surface area (Å²) in [4.78, 5) is 10.7. The third-order valence-electron chi connectivity index (χ3n) is 2.53. The molecule has 0 unspecified atom stereocenters. The second-order valence-electron chi connectivity index (χ2n) is 4.06. The number of benzene rings is 1. The van der Waals surface area contributed by atoms with Gasteiger partial charge in [-0.05, 0) is 42.1 Å². The van der Waals surface area contributed by atoms with Crippen LogP contribution in [0.3, 0.4) is 0 Å². The van der Waals surface area contributed by atoms with Gasteiger partial charge in [0.2, 0.25) is 5.24 Å². The van der Waals surface area contributed by atoms with Gasteiger partial charge in [0.1, 0.15) is 5.75 Å². The van der Waals surface area contributed by atoms with Crippen LogP contribution in [0.4, 0.5) is 0 Å². The fourth-order valence-corrected chi connectivity index (χ4v) is 1.67. The minimum absolute atomic E-state index is 0.292. The Balaban J connectivity index is 2.39. The van der Waals surface area contributed by atoms with E-state index in [1.54, 1.807) is 0 Å². The van der Waals surface area contributed by atoms with Crippen molar-refractivity contribution in [2.45, 2.75) is 39.0 Å². The van der Waals surface area contributed by atoms with Crippen LogP contribution < -0.4 is 4.74 Å². The molecule has 0 aromatic heterocycles. The molecule has 0 saturated carbocycles. The van der Waals surface area contributed by atoms with E-state index in [0.717, 1.165) is 24.3 Å². The Hall–Kier alpha value is -1.02. The van der Waals surface area contributed by atoms with Gasteiger partial charge in [-0.1, -0.05) is 31.9 Å². The first-order chi connectivity index (χ1) is 8.22. The second-order valence-corrected chi connectivity index (χ2v) is 4.48. The largest absolute Gasteiger partial charge is 0.494 e. The molecule has 0 spiro atoms. The van der Waals surface area contributed by atoms with Crippen LogP contribution in [0.2, 0.25) is 0 Å². The molecule has 94 valence electrons. The van der Waals surface area contributed by atoms with Gasteiger partial charge in [-0.25, -0.2) is 0 Å². The van der Waals surface area contributed by atoms with Crippen LogP contribution >= 0.6 is 11.6 Å². The lowest BCUT2D eigenvalue weighted by Gasteiger charge is -2.07. The number of carbonyl (C=O) groups excluding carboxylic acids is 1. The minimum atomic E-state index is -0.292. The molecule has 1 aromatic rings. The lowest BCUT2D eigenvalue weighted by molar-refractivity contribution is -0.111. The van der Waals surface area contributed by atoms with Crippen LogP contribution in [0, 0.1) is 0 Å². The molecule has 0 aliphatic rings. The zero-order valence-electron chi connectivity index (χ0n) is 10.2. The highest BCUT2D eigenvalue weighted by atomic mass is 35.5. The summed E-state index contributed by atoms with van der Waals surface area (Å²) in [6, 6.07) is 7.85. The van der Waals surface area contributed by atoms with Crippen molar-refractivity contribution < 1.29 is 9.53 Å². The Morgan fingerprint density at radius 3 is 2.88 bits per heavy atom.